The number of hydrogen-bond acceptors (Lipinski definition) is 3. The quantitative estimate of drug-likeness (QED) is 0.736. The summed E-state index contributed by atoms with van der Waals surface area (Å²) in [5, 5.41) is 2.65. The fourth-order valence-corrected chi connectivity index (χ4v) is 1.36. The van der Waals surface area contributed by atoms with Crippen molar-refractivity contribution in [1.82, 2.24) is 0 Å². The van der Waals surface area contributed by atoms with Crippen molar-refractivity contribution in [3.8, 4) is 0 Å². The Labute approximate surface area is 102 Å². The maximum Gasteiger partial charge on any atom is 0.412 e. The highest BCUT2D eigenvalue weighted by molar-refractivity contribution is 5.90. The van der Waals surface area contributed by atoms with Gasteiger partial charge in [0, 0.05) is 0 Å². The first-order chi connectivity index (χ1) is 7.70. The molecule has 0 fully saturated rings. The van der Waals surface area contributed by atoms with Gasteiger partial charge in [0.15, 0.2) is 0 Å². The summed E-state index contributed by atoms with van der Waals surface area (Å²) >= 11 is 0. The third kappa shape index (κ3) is 3.66. The van der Waals surface area contributed by atoms with Crippen LogP contribution in [0.3, 0.4) is 0 Å². The van der Waals surface area contributed by atoms with Gasteiger partial charge in [0.2, 0.25) is 0 Å². The number of ether oxygens (including phenoxy) is 1. The zero-order chi connectivity index (χ0) is 13.2. The highest BCUT2D eigenvalue weighted by atomic mass is 16.6. The minimum atomic E-state index is -0.515. The van der Waals surface area contributed by atoms with E-state index in [1.165, 1.54) is 0 Å². The van der Waals surface area contributed by atoms with Crippen LogP contribution in [0.15, 0.2) is 12.1 Å². The monoisotopic (exact) mass is 236 g/mol. The fourth-order valence-electron chi connectivity index (χ4n) is 1.36. The lowest BCUT2D eigenvalue weighted by Gasteiger charge is -2.20. The summed E-state index contributed by atoms with van der Waals surface area (Å²) in [5.41, 5.74) is 8.64. The van der Waals surface area contributed by atoms with E-state index in [0.29, 0.717) is 11.4 Å². The van der Waals surface area contributed by atoms with Gasteiger partial charge in [0.25, 0.3) is 0 Å². The number of benzene rings is 1. The number of amides is 1. The molecule has 1 aromatic carbocycles. The first-order valence-corrected chi connectivity index (χ1v) is 5.56. The van der Waals surface area contributed by atoms with E-state index in [-0.39, 0.29) is 0 Å². The molecule has 0 atom stereocenters. The molecule has 4 nitrogen and oxygen atoms in total. The van der Waals surface area contributed by atoms with Gasteiger partial charge in [-0.05, 0) is 51.8 Å². The Morgan fingerprint density at radius 1 is 1.29 bits per heavy atom. The third-order valence-corrected chi connectivity index (χ3v) is 2.42. The van der Waals surface area contributed by atoms with Crippen LogP contribution in [0.4, 0.5) is 16.2 Å². The maximum atomic E-state index is 11.6. The number of rotatable bonds is 1. The summed E-state index contributed by atoms with van der Waals surface area (Å²) < 4.78 is 5.16. The van der Waals surface area contributed by atoms with Crippen molar-refractivity contribution in [3.63, 3.8) is 0 Å². The van der Waals surface area contributed by atoms with E-state index in [1.807, 2.05) is 40.7 Å². The molecular formula is C13H20N2O2. The van der Waals surface area contributed by atoms with E-state index in [9.17, 15) is 4.79 Å². The second-order valence-electron chi connectivity index (χ2n) is 5.10. The van der Waals surface area contributed by atoms with Crippen LogP contribution in [0.25, 0.3) is 0 Å². The van der Waals surface area contributed by atoms with Crippen molar-refractivity contribution < 1.29 is 9.53 Å². The Bertz CT molecular complexity index is 434. The highest BCUT2D eigenvalue weighted by Gasteiger charge is 2.17. The summed E-state index contributed by atoms with van der Waals surface area (Å²) in [7, 11) is 0. The molecule has 0 aliphatic carbocycles. The first-order valence-electron chi connectivity index (χ1n) is 5.56. The Morgan fingerprint density at radius 3 is 2.41 bits per heavy atom. The maximum absolute atomic E-state index is 11.6. The number of hydrogen-bond donors (Lipinski definition) is 2. The molecule has 0 heterocycles. The molecule has 0 aromatic heterocycles. The zero-order valence-electron chi connectivity index (χ0n) is 11.0. The fraction of sp³-hybridized carbons (Fsp3) is 0.462. The van der Waals surface area contributed by atoms with Crippen molar-refractivity contribution in [2.45, 2.75) is 40.2 Å². The molecule has 1 rings (SSSR count). The SMILES string of the molecule is Cc1ccc(NC(=O)OC(C)(C)C)c(N)c1C. The lowest BCUT2D eigenvalue weighted by Crippen LogP contribution is -2.27. The summed E-state index contributed by atoms with van der Waals surface area (Å²) in [4.78, 5) is 11.6. The van der Waals surface area contributed by atoms with Gasteiger partial charge in [-0.25, -0.2) is 4.79 Å². The van der Waals surface area contributed by atoms with Crippen LogP contribution in [0.2, 0.25) is 0 Å². The minimum Gasteiger partial charge on any atom is -0.444 e. The zero-order valence-corrected chi connectivity index (χ0v) is 11.0. The highest BCUT2D eigenvalue weighted by Crippen LogP contribution is 2.25. The molecule has 3 N–H and O–H groups in total. The molecule has 0 unspecified atom stereocenters. The van der Waals surface area contributed by atoms with Gasteiger partial charge in [-0.1, -0.05) is 6.07 Å². The summed E-state index contributed by atoms with van der Waals surface area (Å²) in [6.45, 7) is 9.34. The molecule has 0 aliphatic heterocycles. The minimum absolute atomic E-state index is 0.493. The average Bonchev–Trinajstić information content (AvgIpc) is 2.16. The smallest absolute Gasteiger partial charge is 0.412 e. The molecule has 1 amide bonds. The predicted octanol–water partition coefficient (Wildman–Crippen LogP) is 3.23. The van der Waals surface area contributed by atoms with Crippen LogP contribution in [0.5, 0.6) is 0 Å². The number of aryl methyl sites for hydroxylation is 1. The normalized spacial score (nSPS) is 11.1. The lowest BCUT2D eigenvalue weighted by molar-refractivity contribution is 0.0636. The van der Waals surface area contributed by atoms with Crippen molar-refractivity contribution in [2.24, 2.45) is 0 Å². The van der Waals surface area contributed by atoms with Crippen LogP contribution >= 0.6 is 0 Å². The van der Waals surface area contributed by atoms with Gasteiger partial charge in [-0.3, -0.25) is 5.32 Å². The summed E-state index contributed by atoms with van der Waals surface area (Å²) in [5.74, 6) is 0. The van der Waals surface area contributed by atoms with Gasteiger partial charge in [-0.2, -0.15) is 0 Å². The third-order valence-electron chi connectivity index (χ3n) is 2.42. The van der Waals surface area contributed by atoms with Gasteiger partial charge >= 0.3 is 6.09 Å². The van der Waals surface area contributed by atoms with Gasteiger partial charge in [-0.15, -0.1) is 0 Å². The molecule has 94 valence electrons. The van der Waals surface area contributed by atoms with E-state index in [4.69, 9.17) is 10.5 Å². The summed E-state index contributed by atoms with van der Waals surface area (Å²) in [6, 6.07) is 3.69. The van der Waals surface area contributed by atoms with Crippen LogP contribution in [-0.2, 0) is 4.74 Å². The van der Waals surface area contributed by atoms with Crippen molar-refractivity contribution in [2.75, 3.05) is 11.1 Å². The van der Waals surface area contributed by atoms with E-state index in [0.717, 1.165) is 11.1 Å². The molecule has 1 aromatic rings. The molecule has 0 radical (unpaired) electrons. The molecule has 17 heavy (non-hydrogen) atoms. The van der Waals surface area contributed by atoms with Crippen molar-refractivity contribution in [1.29, 1.82) is 0 Å². The largest absolute Gasteiger partial charge is 0.444 e. The van der Waals surface area contributed by atoms with Crippen molar-refractivity contribution in [3.05, 3.63) is 23.3 Å². The molecule has 0 spiro atoms. The second kappa shape index (κ2) is 4.65. The molecule has 0 saturated carbocycles. The van der Waals surface area contributed by atoms with E-state index in [1.54, 1.807) is 6.07 Å². The number of carbonyl (C=O) groups is 1. The van der Waals surface area contributed by atoms with E-state index < -0.39 is 11.7 Å². The summed E-state index contributed by atoms with van der Waals surface area (Å²) in [6.07, 6.45) is -0.493. The van der Waals surface area contributed by atoms with Crippen molar-refractivity contribution >= 4 is 17.5 Å². The molecule has 0 bridgehead atoms. The molecule has 4 heteroatoms. The van der Waals surface area contributed by atoms with Crippen LogP contribution in [-0.4, -0.2) is 11.7 Å². The standard InChI is InChI=1S/C13H20N2O2/c1-8-6-7-10(11(14)9(8)2)15-12(16)17-13(3,4)5/h6-7H,14H2,1-5H3,(H,15,16). The Morgan fingerprint density at radius 2 is 1.88 bits per heavy atom. The van der Waals surface area contributed by atoms with Gasteiger partial charge < -0.3 is 10.5 Å². The first kappa shape index (κ1) is 13.4. The Hall–Kier alpha value is -1.71. The predicted molar refractivity (Wildman–Crippen MR) is 70.2 cm³/mol. The van der Waals surface area contributed by atoms with Gasteiger partial charge in [0.05, 0.1) is 11.4 Å². The topological polar surface area (TPSA) is 64.3 Å². The lowest BCUT2D eigenvalue weighted by atomic mass is 10.1. The van der Waals surface area contributed by atoms with Crippen LogP contribution < -0.4 is 11.1 Å². The number of nitrogens with one attached hydrogen (secondary N) is 1. The van der Waals surface area contributed by atoms with Crippen LogP contribution in [0.1, 0.15) is 31.9 Å². The number of nitrogen functional groups attached to an aromatic ring is 1. The second-order valence-corrected chi connectivity index (χ2v) is 5.10. The van der Waals surface area contributed by atoms with E-state index in [2.05, 4.69) is 5.32 Å². The molecule has 0 saturated heterocycles. The number of carbonyl (C=O) groups excluding carboxylic acids is 1. The average molecular weight is 236 g/mol. The number of anilines is 2. The molecular weight excluding hydrogens is 216 g/mol. The Kier molecular flexibility index (Phi) is 3.66. The molecule has 0 aliphatic rings. The van der Waals surface area contributed by atoms with Gasteiger partial charge in [0.1, 0.15) is 5.60 Å². The van der Waals surface area contributed by atoms with Crippen LogP contribution in [0, 0.1) is 13.8 Å². The number of nitrogens with two attached hydrogens (primary N) is 1. The van der Waals surface area contributed by atoms with E-state index >= 15 is 0 Å². The Balaban J connectivity index is 2.83.